The third kappa shape index (κ3) is 19.4. The van der Waals surface area contributed by atoms with Crippen LogP contribution < -0.4 is 34.5 Å². The highest BCUT2D eigenvalue weighted by Gasteiger charge is 2.48. The summed E-state index contributed by atoms with van der Waals surface area (Å²) in [5, 5.41) is 29.3. The van der Waals surface area contributed by atoms with Gasteiger partial charge in [0.25, 0.3) is 11.8 Å². The highest BCUT2D eigenvalue weighted by Crippen LogP contribution is 2.44. The summed E-state index contributed by atoms with van der Waals surface area (Å²) >= 11 is 0. The molecular weight excluding hydrogens is 1240 g/mol. The fourth-order valence-electron chi connectivity index (χ4n) is 12.0. The number of pyridine rings is 1. The van der Waals surface area contributed by atoms with E-state index in [-0.39, 0.29) is 74.4 Å². The summed E-state index contributed by atoms with van der Waals surface area (Å²) in [6.07, 6.45) is 3.81. The normalized spacial score (nSPS) is 19.4. The second-order valence-electron chi connectivity index (χ2n) is 23.8. The van der Waals surface area contributed by atoms with Crippen LogP contribution in [0.5, 0.6) is 17.2 Å². The quantitative estimate of drug-likeness (QED) is 0.0120. The van der Waals surface area contributed by atoms with Crippen molar-refractivity contribution < 1.29 is 76.6 Å². The van der Waals surface area contributed by atoms with E-state index >= 15 is 0 Å². The highest BCUT2D eigenvalue weighted by molar-refractivity contribution is 8.76. The summed E-state index contributed by atoms with van der Waals surface area (Å²) < 4.78 is 59.4. The molecule has 4 N–H and O–H groups in total. The lowest BCUT2D eigenvalue weighted by molar-refractivity contribution is -0.194. The first-order valence-electron chi connectivity index (χ1n) is 32.1. The Balaban J connectivity index is 0.781. The first-order valence-corrected chi connectivity index (χ1v) is 34.3. The fraction of sp³-hybridized carbons (Fsp3) is 0.507. The predicted octanol–water partition coefficient (Wildman–Crippen LogP) is 7.70. The Morgan fingerprint density at radius 1 is 0.787 bits per heavy atom. The van der Waals surface area contributed by atoms with Crippen LogP contribution in [0.25, 0.3) is 0 Å². The van der Waals surface area contributed by atoms with Crippen molar-refractivity contribution in [1.82, 2.24) is 25.4 Å². The van der Waals surface area contributed by atoms with Gasteiger partial charge in [-0.25, -0.2) is 9.78 Å². The highest BCUT2D eigenvalue weighted by atomic mass is 33.1. The summed E-state index contributed by atoms with van der Waals surface area (Å²) in [4.78, 5) is 65.0. The number of aromatic nitrogens is 1. The molecule has 1 unspecified atom stereocenters. The summed E-state index contributed by atoms with van der Waals surface area (Å²) in [5.74, 6) is 6.85. The number of amides is 4. The maximum absolute atomic E-state index is 14.5. The summed E-state index contributed by atoms with van der Waals surface area (Å²) in [6.45, 7) is 22.3. The molecule has 1 aromatic heterocycles. The molecule has 0 bridgehead atoms. The van der Waals surface area contributed by atoms with Gasteiger partial charge in [0.2, 0.25) is 5.91 Å². The van der Waals surface area contributed by atoms with Crippen LogP contribution in [-0.2, 0) is 51.2 Å². The lowest BCUT2D eigenvalue weighted by atomic mass is 9.80. The number of methoxy groups -OCH3 is 1. The topological polar surface area (TPSA) is 251 Å². The summed E-state index contributed by atoms with van der Waals surface area (Å²) in [6, 6.07) is 17.6. The number of aryl methyl sites for hydroxylation is 1. The maximum Gasteiger partial charge on any atom is 0.411 e. The largest absolute Gasteiger partial charge is 0.493 e. The molecule has 3 fully saturated rings. The van der Waals surface area contributed by atoms with Crippen LogP contribution >= 0.6 is 21.6 Å². The second-order valence-corrected chi connectivity index (χ2v) is 26.4. The van der Waals surface area contributed by atoms with Gasteiger partial charge >= 0.3 is 20.2 Å². The van der Waals surface area contributed by atoms with Crippen LogP contribution in [0.3, 0.4) is 0 Å². The molecule has 27 heteroatoms. The molecule has 0 radical (unpaired) electrons. The average Bonchev–Trinajstić information content (AvgIpc) is 1.60. The van der Waals surface area contributed by atoms with E-state index in [1.54, 1.807) is 64.6 Å². The van der Waals surface area contributed by atoms with Crippen LogP contribution in [0.4, 0.5) is 16.2 Å². The van der Waals surface area contributed by atoms with E-state index in [9.17, 15) is 29.2 Å². The van der Waals surface area contributed by atoms with E-state index in [2.05, 4.69) is 40.6 Å². The first-order chi connectivity index (χ1) is 45.5. The van der Waals surface area contributed by atoms with Crippen molar-refractivity contribution in [3.8, 4) is 29.1 Å². The van der Waals surface area contributed by atoms with Crippen LogP contribution in [0, 0.1) is 18.8 Å². The first kappa shape index (κ1) is 71.3. The Morgan fingerprint density at radius 2 is 1.41 bits per heavy atom. The van der Waals surface area contributed by atoms with Gasteiger partial charge in [0.05, 0.1) is 89.7 Å². The van der Waals surface area contributed by atoms with Gasteiger partial charge in [-0.3, -0.25) is 14.4 Å². The number of ether oxygens (including phenoxy) is 10. The number of anilines is 2. The van der Waals surface area contributed by atoms with E-state index in [4.69, 9.17) is 47.4 Å². The smallest absolute Gasteiger partial charge is 0.411 e. The standard InChI is InChI=1S/C67H87B2N7O16S2/c1-44-30-54-48(5)75(68(6)81)55-38-60(59(83-8)36-53(55)65(79)73(54)39-44)90-43-51-34-49(14-13-19-70-61(77)17-22-84-24-26-86-28-29-87-27-25-85-23-20-72-67(80)91-41-47(4)93-94-62-15-9-11-18-71-62)33-50(35-51)42-89-58-37-56-52(32-46(58)3)64(78)74-40-45(2)31-57(74)66(76(56)69(7)82)92-63-16-10-12-21-88-63/h9,11,15,18,32-38,47-48,54,57,63,66,81-82H,1-2,10,12,16-17,19-31,39-43H2,3-8H3,(H,70,77)(H,72,80)/t47-,48+,54+,57+,63?,66+/m1/s1. The Bertz CT molecular complexity index is 3340. The molecule has 94 heavy (non-hydrogen) atoms. The van der Waals surface area contributed by atoms with E-state index in [1.165, 1.54) is 17.9 Å². The van der Waals surface area contributed by atoms with Crippen LogP contribution in [0.2, 0.25) is 13.6 Å². The number of nitrogens with one attached hydrogen (secondary N) is 2. The summed E-state index contributed by atoms with van der Waals surface area (Å²) in [5.41, 5.74) is 6.40. The molecule has 6 atom stereocenters. The Hall–Kier alpha value is -6.96. The number of nitrogens with zero attached hydrogens (tertiary/aromatic N) is 5. The Labute approximate surface area is 559 Å². The number of alkyl carbamates (subject to hydrolysis) is 1. The number of hydrogen-bond donors (Lipinski definition) is 4. The molecule has 9 rings (SSSR count). The predicted molar refractivity (Wildman–Crippen MR) is 361 cm³/mol. The van der Waals surface area contributed by atoms with Crippen molar-refractivity contribution in [2.75, 3.05) is 109 Å². The average molecular weight is 1330 g/mol. The number of carbonyl (C=O) groups excluding carboxylic acids is 4. The van der Waals surface area contributed by atoms with E-state index < -0.39 is 38.8 Å². The lowest BCUT2D eigenvalue weighted by Gasteiger charge is -2.40. The zero-order valence-corrected chi connectivity index (χ0v) is 56.2. The molecule has 0 aliphatic carbocycles. The SMILES string of the molecule is C=C1C[C@H]2[C@H](C)N(B(C)O)c3cc(OCc4cc(C#CCNC(=O)CCOCCOCCOCCOCCNC(=O)OC[C@@H](C)SSc5ccccn5)cc(COc5cc6c(cc5C)C(=O)N5CC(=C)C[C@H]5[C@H](OC5CCCCO5)N6B(C)O)c4)c(OC)cc3C(=O)N2C1. The molecule has 4 aromatic rings. The van der Waals surface area contributed by atoms with Gasteiger partial charge in [0.15, 0.2) is 17.8 Å². The number of carbonyl (C=O) groups is 4. The van der Waals surface area contributed by atoms with E-state index in [0.717, 1.165) is 34.6 Å². The van der Waals surface area contributed by atoms with Crippen LogP contribution in [0.15, 0.2) is 96.2 Å². The van der Waals surface area contributed by atoms with Gasteiger partial charge < -0.3 is 87.5 Å². The monoisotopic (exact) mass is 1330 g/mol. The minimum Gasteiger partial charge on any atom is -0.493 e. The van der Waals surface area contributed by atoms with Gasteiger partial charge in [0.1, 0.15) is 36.8 Å². The number of fused-ring (bicyclic) bond motifs is 4. The molecular formula is C67H87B2N7O16S2. The van der Waals surface area contributed by atoms with Crippen LogP contribution in [0.1, 0.15) is 95.3 Å². The molecule has 3 saturated heterocycles. The third-order valence-corrected chi connectivity index (χ3v) is 19.2. The minimum absolute atomic E-state index is 0.0328. The molecule has 5 aliphatic rings. The van der Waals surface area contributed by atoms with E-state index in [0.29, 0.717) is 148 Å². The fourth-order valence-corrected chi connectivity index (χ4v) is 13.9. The van der Waals surface area contributed by atoms with Crippen molar-refractivity contribution in [1.29, 1.82) is 0 Å². The molecule has 5 aliphatic heterocycles. The van der Waals surface area contributed by atoms with Gasteiger partial charge in [-0.05, 0) is 136 Å². The van der Waals surface area contributed by atoms with Crippen LogP contribution in [-0.4, -0.2) is 198 Å². The minimum atomic E-state index is -1.06. The zero-order chi connectivity index (χ0) is 66.7. The zero-order valence-electron chi connectivity index (χ0n) is 54.6. The molecule has 0 saturated carbocycles. The summed E-state index contributed by atoms with van der Waals surface area (Å²) in [7, 11) is 2.64. The Kier molecular flexibility index (Phi) is 26.7. The molecule has 3 aromatic carbocycles. The molecule has 4 amide bonds. The number of benzene rings is 3. The van der Waals surface area contributed by atoms with Gasteiger partial charge in [-0.2, -0.15) is 0 Å². The lowest BCUT2D eigenvalue weighted by Crippen LogP contribution is -2.56. The van der Waals surface area contributed by atoms with Gasteiger partial charge in [-0.15, -0.1) is 0 Å². The number of rotatable bonds is 32. The maximum atomic E-state index is 14.5. The van der Waals surface area contributed by atoms with Crippen molar-refractivity contribution in [3.63, 3.8) is 0 Å². The van der Waals surface area contributed by atoms with E-state index in [1.807, 2.05) is 66.9 Å². The van der Waals surface area contributed by atoms with Crippen molar-refractivity contribution >= 4 is 70.9 Å². The van der Waals surface area contributed by atoms with Crippen molar-refractivity contribution in [3.05, 3.63) is 125 Å². The molecule has 23 nitrogen and oxygen atoms in total. The Morgan fingerprint density at radius 3 is 2.06 bits per heavy atom. The molecule has 6 heterocycles. The third-order valence-electron chi connectivity index (χ3n) is 16.5. The van der Waals surface area contributed by atoms with Crippen molar-refractivity contribution in [2.24, 2.45) is 0 Å². The molecule has 504 valence electrons. The number of hydrogen-bond acceptors (Lipinski definition) is 21. The molecule has 0 spiro atoms. The van der Waals surface area contributed by atoms with Gasteiger partial charge in [-0.1, -0.05) is 53.0 Å². The van der Waals surface area contributed by atoms with Crippen molar-refractivity contribution in [2.45, 2.75) is 127 Å². The van der Waals surface area contributed by atoms with Gasteiger partial charge in [0, 0.05) is 79.2 Å². The second kappa shape index (κ2) is 35.2.